The van der Waals surface area contributed by atoms with Crippen LogP contribution in [0.2, 0.25) is 0 Å². The minimum Gasteiger partial charge on any atom is -0.484 e. The van der Waals surface area contributed by atoms with Crippen LogP contribution in [0.4, 0.5) is 13.2 Å². The molecule has 0 aliphatic heterocycles. The monoisotopic (exact) mass is 305 g/mol. The van der Waals surface area contributed by atoms with Crippen molar-refractivity contribution in [3.8, 4) is 5.75 Å². The van der Waals surface area contributed by atoms with Gasteiger partial charge < -0.3 is 14.4 Å². The number of rotatable bonds is 5. The molecule has 0 spiro atoms. The van der Waals surface area contributed by atoms with Crippen LogP contribution >= 0.6 is 0 Å². The molecule has 0 saturated heterocycles. The van der Waals surface area contributed by atoms with Gasteiger partial charge in [0.05, 0.1) is 12.7 Å². The Balaban J connectivity index is 2.51. The third-order valence-electron chi connectivity index (χ3n) is 2.48. The van der Waals surface area contributed by atoms with Gasteiger partial charge >= 0.3 is 12.1 Å². The minimum absolute atomic E-state index is 0.261. The molecule has 0 fully saturated rings. The molecular weight excluding hydrogens is 291 g/mol. The molecule has 5 nitrogen and oxygen atoms in total. The topological polar surface area (TPSA) is 55.8 Å². The molecule has 0 aliphatic carbocycles. The first kappa shape index (κ1) is 16.8. The second kappa shape index (κ2) is 6.96. The molecule has 0 radical (unpaired) electrons. The van der Waals surface area contributed by atoms with E-state index in [2.05, 4.69) is 4.74 Å². The van der Waals surface area contributed by atoms with E-state index < -0.39 is 31.2 Å². The van der Waals surface area contributed by atoms with Gasteiger partial charge in [0.1, 0.15) is 12.3 Å². The lowest BCUT2D eigenvalue weighted by Gasteiger charge is -2.19. The molecule has 0 heterocycles. The average Bonchev–Trinajstić information content (AvgIpc) is 2.42. The predicted octanol–water partition coefficient (Wildman–Crippen LogP) is 1.87. The molecule has 0 saturated carbocycles. The number of hydrogen-bond donors (Lipinski definition) is 0. The highest BCUT2D eigenvalue weighted by Crippen LogP contribution is 2.16. The van der Waals surface area contributed by atoms with E-state index in [-0.39, 0.29) is 5.75 Å². The molecule has 21 heavy (non-hydrogen) atoms. The second-order valence-corrected chi connectivity index (χ2v) is 4.17. The zero-order valence-corrected chi connectivity index (χ0v) is 11.4. The first-order valence-corrected chi connectivity index (χ1v) is 5.85. The Kier molecular flexibility index (Phi) is 5.57. The van der Waals surface area contributed by atoms with Crippen LogP contribution in [0.3, 0.4) is 0 Å². The van der Waals surface area contributed by atoms with E-state index in [4.69, 9.17) is 4.74 Å². The maximum Gasteiger partial charge on any atom is 0.406 e. The molecule has 8 heteroatoms. The van der Waals surface area contributed by atoms with Crippen LogP contribution in [0.5, 0.6) is 5.75 Å². The number of amides is 1. The normalized spacial score (nSPS) is 10.9. The Labute approximate surface area is 119 Å². The number of alkyl halides is 3. The van der Waals surface area contributed by atoms with Gasteiger partial charge in [-0.3, -0.25) is 4.79 Å². The van der Waals surface area contributed by atoms with Gasteiger partial charge in [0, 0.05) is 7.05 Å². The van der Waals surface area contributed by atoms with Crippen molar-refractivity contribution in [2.45, 2.75) is 6.18 Å². The average molecular weight is 305 g/mol. The molecule has 0 atom stereocenters. The van der Waals surface area contributed by atoms with Crippen LogP contribution < -0.4 is 4.74 Å². The molecule has 1 rings (SSSR count). The smallest absolute Gasteiger partial charge is 0.406 e. The van der Waals surface area contributed by atoms with E-state index in [1.165, 1.54) is 31.4 Å². The summed E-state index contributed by atoms with van der Waals surface area (Å²) in [6.45, 7) is -1.86. The lowest BCUT2D eigenvalue weighted by atomic mass is 10.2. The highest BCUT2D eigenvalue weighted by Gasteiger charge is 2.31. The molecule has 1 aromatic carbocycles. The maximum atomic E-state index is 12.1. The Morgan fingerprint density at radius 3 is 2.24 bits per heavy atom. The SMILES string of the molecule is COC(=O)c1ccc(OCC(=O)N(C)CC(F)(F)F)cc1. The van der Waals surface area contributed by atoms with Gasteiger partial charge in [-0.1, -0.05) is 0 Å². The Morgan fingerprint density at radius 2 is 1.76 bits per heavy atom. The Morgan fingerprint density at radius 1 is 1.19 bits per heavy atom. The lowest BCUT2D eigenvalue weighted by molar-refractivity contribution is -0.159. The van der Waals surface area contributed by atoms with E-state index in [1.807, 2.05) is 0 Å². The Hall–Kier alpha value is -2.25. The van der Waals surface area contributed by atoms with Crippen molar-refractivity contribution in [3.63, 3.8) is 0 Å². The maximum absolute atomic E-state index is 12.1. The van der Waals surface area contributed by atoms with Crippen molar-refractivity contribution < 1.29 is 32.2 Å². The Bertz CT molecular complexity index is 499. The van der Waals surface area contributed by atoms with E-state index in [0.29, 0.717) is 10.5 Å². The number of hydrogen-bond acceptors (Lipinski definition) is 4. The molecular formula is C13H14F3NO4. The highest BCUT2D eigenvalue weighted by atomic mass is 19.4. The number of carbonyl (C=O) groups is 2. The highest BCUT2D eigenvalue weighted by molar-refractivity contribution is 5.89. The third-order valence-corrected chi connectivity index (χ3v) is 2.48. The number of methoxy groups -OCH3 is 1. The van der Waals surface area contributed by atoms with Crippen LogP contribution in [-0.2, 0) is 9.53 Å². The molecule has 116 valence electrons. The predicted molar refractivity (Wildman–Crippen MR) is 67.0 cm³/mol. The summed E-state index contributed by atoms with van der Waals surface area (Å²) < 4.78 is 45.9. The number of benzene rings is 1. The summed E-state index contributed by atoms with van der Waals surface area (Å²) in [5.74, 6) is -1.07. The van der Waals surface area contributed by atoms with Crippen LogP contribution in [0, 0.1) is 0 Å². The van der Waals surface area contributed by atoms with Gasteiger partial charge in [0.15, 0.2) is 6.61 Å². The third kappa shape index (κ3) is 5.72. The number of likely N-dealkylation sites (N-methyl/N-ethyl adjacent to an activating group) is 1. The van der Waals surface area contributed by atoms with Gasteiger partial charge in [-0.2, -0.15) is 13.2 Å². The first-order chi connectivity index (χ1) is 9.73. The van der Waals surface area contributed by atoms with Crippen molar-refractivity contribution in [1.29, 1.82) is 0 Å². The lowest BCUT2D eigenvalue weighted by Crippen LogP contribution is -2.38. The van der Waals surface area contributed by atoms with Crippen LogP contribution in [0.25, 0.3) is 0 Å². The van der Waals surface area contributed by atoms with Crippen molar-refractivity contribution in [3.05, 3.63) is 29.8 Å². The first-order valence-electron chi connectivity index (χ1n) is 5.85. The van der Waals surface area contributed by atoms with Crippen LogP contribution in [0.15, 0.2) is 24.3 Å². The van der Waals surface area contributed by atoms with Gasteiger partial charge in [0.2, 0.25) is 0 Å². The van der Waals surface area contributed by atoms with Crippen molar-refractivity contribution >= 4 is 11.9 Å². The summed E-state index contributed by atoms with van der Waals surface area (Å²) in [5.41, 5.74) is 0.297. The number of esters is 1. The molecule has 0 bridgehead atoms. The van der Waals surface area contributed by atoms with Crippen molar-refractivity contribution in [2.75, 3.05) is 27.3 Å². The summed E-state index contributed by atoms with van der Waals surface area (Å²) >= 11 is 0. The second-order valence-electron chi connectivity index (χ2n) is 4.17. The fourth-order valence-electron chi connectivity index (χ4n) is 1.42. The number of ether oxygens (including phenoxy) is 2. The van der Waals surface area contributed by atoms with E-state index >= 15 is 0 Å². The van der Waals surface area contributed by atoms with Crippen molar-refractivity contribution in [2.24, 2.45) is 0 Å². The van der Waals surface area contributed by atoms with E-state index in [0.717, 1.165) is 7.05 Å². The van der Waals surface area contributed by atoms with E-state index in [9.17, 15) is 22.8 Å². The van der Waals surface area contributed by atoms with E-state index in [1.54, 1.807) is 0 Å². The van der Waals surface area contributed by atoms with Gasteiger partial charge in [-0.25, -0.2) is 4.79 Å². The van der Waals surface area contributed by atoms with Crippen LogP contribution in [0.1, 0.15) is 10.4 Å². The molecule has 1 amide bonds. The zero-order chi connectivity index (χ0) is 16.0. The van der Waals surface area contributed by atoms with Gasteiger partial charge in [-0.05, 0) is 24.3 Å². The molecule has 0 aliphatic rings. The van der Waals surface area contributed by atoms with Crippen molar-refractivity contribution in [1.82, 2.24) is 4.90 Å². The fourth-order valence-corrected chi connectivity index (χ4v) is 1.42. The quantitative estimate of drug-likeness (QED) is 0.779. The minimum atomic E-state index is -4.45. The van der Waals surface area contributed by atoms with Crippen LogP contribution in [-0.4, -0.2) is 50.3 Å². The van der Waals surface area contributed by atoms with Gasteiger partial charge in [0.25, 0.3) is 5.91 Å². The summed E-state index contributed by atoms with van der Waals surface area (Å²) in [6.07, 6.45) is -4.45. The molecule has 0 unspecified atom stereocenters. The summed E-state index contributed by atoms with van der Waals surface area (Å²) in [7, 11) is 2.28. The number of halogens is 3. The van der Waals surface area contributed by atoms with Gasteiger partial charge in [-0.15, -0.1) is 0 Å². The number of nitrogens with zero attached hydrogens (tertiary/aromatic N) is 1. The summed E-state index contributed by atoms with van der Waals surface area (Å²) in [6, 6.07) is 5.68. The molecule has 1 aromatic rings. The molecule has 0 aromatic heterocycles. The largest absolute Gasteiger partial charge is 0.484 e. The molecule has 0 N–H and O–H groups in total. The standard InChI is InChI=1S/C13H14F3NO4/c1-17(8-13(14,15)16)11(18)7-21-10-5-3-9(4-6-10)12(19)20-2/h3-6H,7-8H2,1-2H3. The fraction of sp³-hybridized carbons (Fsp3) is 0.385. The number of carbonyl (C=O) groups excluding carboxylic acids is 2. The zero-order valence-electron chi connectivity index (χ0n) is 11.4. The summed E-state index contributed by atoms with van der Waals surface area (Å²) in [5, 5.41) is 0. The summed E-state index contributed by atoms with van der Waals surface area (Å²) in [4.78, 5) is 23.2.